The summed E-state index contributed by atoms with van der Waals surface area (Å²) < 4.78 is 25.9. The van der Waals surface area contributed by atoms with E-state index in [0.29, 0.717) is 5.56 Å². The molecule has 22 heavy (non-hydrogen) atoms. The van der Waals surface area contributed by atoms with Crippen LogP contribution in [0.4, 0.5) is 10.1 Å². The average Bonchev–Trinajstić information content (AvgIpc) is 2.55. The molecule has 0 N–H and O–H groups in total. The monoisotopic (exact) mass is 319 g/mol. The molecule has 0 aliphatic heterocycles. The Morgan fingerprint density at radius 1 is 1.14 bits per heavy atom. The van der Waals surface area contributed by atoms with Gasteiger partial charge in [-0.1, -0.05) is 36.4 Å². The third-order valence-electron chi connectivity index (χ3n) is 3.47. The minimum atomic E-state index is -1.48. The lowest BCUT2D eigenvalue weighted by Gasteiger charge is -2.21. The summed E-state index contributed by atoms with van der Waals surface area (Å²) in [6, 6.07) is 15.3. The lowest BCUT2D eigenvalue weighted by molar-refractivity contribution is -0.117. The van der Waals surface area contributed by atoms with Crippen molar-refractivity contribution in [1.29, 1.82) is 0 Å². The SMILES string of the molecule is CC(C(=O)N(C)c1ccccc1)S(=O)Cc1ccccc1F. The van der Waals surface area contributed by atoms with Crippen LogP contribution in [-0.2, 0) is 21.3 Å². The first-order chi connectivity index (χ1) is 10.5. The van der Waals surface area contributed by atoms with Crippen LogP contribution in [0.2, 0.25) is 0 Å². The van der Waals surface area contributed by atoms with Gasteiger partial charge in [0.05, 0.1) is 5.75 Å². The van der Waals surface area contributed by atoms with Crippen LogP contribution in [0.25, 0.3) is 0 Å². The Morgan fingerprint density at radius 3 is 2.36 bits per heavy atom. The number of hydrogen-bond acceptors (Lipinski definition) is 2. The van der Waals surface area contributed by atoms with Crippen molar-refractivity contribution in [2.24, 2.45) is 0 Å². The Balaban J connectivity index is 2.07. The van der Waals surface area contributed by atoms with E-state index < -0.39 is 21.9 Å². The van der Waals surface area contributed by atoms with E-state index in [1.807, 2.05) is 30.3 Å². The van der Waals surface area contributed by atoms with Crippen molar-refractivity contribution >= 4 is 22.4 Å². The van der Waals surface area contributed by atoms with Gasteiger partial charge in [-0.25, -0.2) is 4.39 Å². The number of halogens is 1. The minimum absolute atomic E-state index is 0.0300. The quantitative estimate of drug-likeness (QED) is 0.849. The number of anilines is 1. The van der Waals surface area contributed by atoms with E-state index in [1.54, 1.807) is 32.2 Å². The van der Waals surface area contributed by atoms with Crippen molar-refractivity contribution in [3.8, 4) is 0 Å². The number of amides is 1. The van der Waals surface area contributed by atoms with Crippen LogP contribution in [0.5, 0.6) is 0 Å². The highest BCUT2D eigenvalue weighted by atomic mass is 32.2. The maximum Gasteiger partial charge on any atom is 0.242 e. The zero-order chi connectivity index (χ0) is 16.1. The van der Waals surface area contributed by atoms with Gasteiger partial charge in [-0.2, -0.15) is 0 Å². The molecule has 0 saturated heterocycles. The predicted molar refractivity (Wildman–Crippen MR) is 87.6 cm³/mol. The minimum Gasteiger partial charge on any atom is -0.314 e. The Labute approximate surface area is 132 Å². The average molecular weight is 319 g/mol. The maximum absolute atomic E-state index is 13.6. The van der Waals surface area contributed by atoms with E-state index >= 15 is 0 Å². The van der Waals surface area contributed by atoms with Crippen LogP contribution in [0.15, 0.2) is 54.6 Å². The molecule has 0 aromatic heterocycles. The van der Waals surface area contributed by atoms with Gasteiger partial charge in [0, 0.05) is 29.1 Å². The van der Waals surface area contributed by atoms with E-state index in [9.17, 15) is 13.4 Å². The summed E-state index contributed by atoms with van der Waals surface area (Å²) in [5.74, 6) is -0.616. The summed E-state index contributed by atoms with van der Waals surface area (Å²) in [5.41, 5.74) is 1.10. The maximum atomic E-state index is 13.6. The summed E-state index contributed by atoms with van der Waals surface area (Å²) in [7, 11) is 0.166. The van der Waals surface area contributed by atoms with Crippen molar-refractivity contribution in [3.05, 3.63) is 66.0 Å². The normalized spacial score (nSPS) is 13.4. The fourth-order valence-electron chi connectivity index (χ4n) is 2.06. The lowest BCUT2D eigenvalue weighted by Crippen LogP contribution is -2.37. The van der Waals surface area contributed by atoms with Crippen LogP contribution in [-0.4, -0.2) is 22.4 Å². The molecule has 0 saturated carbocycles. The van der Waals surface area contributed by atoms with Gasteiger partial charge in [-0.05, 0) is 25.1 Å². The number of benzene rings is 2. The molecule has 2 aromatic rings. The lowest BCUT2D eigenvalue weighted by atomic mass is 10.2. The zero-order valence-electron chi connectivity index (χ0n) is 12.5. The molecule has 0 aliphatic rings. The van der Waals surface area contributed by atoms with E-state index in [4.69, 9.17) is 0 Å². The molecule has 2 atom stereocenters. The Morgan fingerprint density at radius 2 is 1.73 bits per heavy atom. The number of carbonyl (C=O) groups excluding carboxylic acids is 1. The third-order valence-corrected chi connectivity index (χ3v) is 5.06. The second kappa shape index (κ2) is 7.31. The standard InChI is InChI=1S/C17H18FNO2S/c1-13(17(20)19(2)15-9-4-3-5-10-15)22(21)12-14-8-6-7-11-16(14)18/h3-11,13H,12H2,1-2H3. The Bertz CT molecular complexity index is 675. The molecule has 0 aliphatic carbocycles. The predicted octanol–water partition coefficient (Wildman–Crippen LogP) is 3.13. The van der Waals surface area contributed by atoms with Gasteiger partial charge in [0.25, 0.3) is 0 Å². The number of carbonyl (C=O) groups is 1. The van der Waals surface area contributed by atoms with Crippen LogP contribution in [0.1, 0.15) is 12.5 Å². The smallest absolute Gasteiger partial charge is 0.242 e. The van der Waals surface area contributed by atoms with Gasteiger partial charge < -0.3 is 4.90 Å². The molecule has 0 radical (unpaired) electrons. The number of rotatable bonds is 5. The number of hydrogen-bond donors (Lipinski definition) is 0. The summed E-state index contributed by atoms with van der Waals surface area (Å²) in [5, 5.41) is -0.704. The number of nitrogens with zero attached hydrogens (tertiary/aromatic N) is 1. The Kier molecular flexibility index (Phi) is 5.44. The number of para-hydroxylation sites is 1. The fraction of sp³-hybridized carbons (Fsp3) is 0.235. The summed E-state index contributed by atoms with van der Waals surface area (Å²) in [6.07, 6.45) is 0. The summed E-state index contributed by atoms with van der Waals surface area (Å²) in [4.78, 5) is 13.9. The summed E-state index contributed by atoms with van der Waals surface area (Å²) in [6.45, 7) is 1.61. The highest BCUT2D eigenvalue weighted by Gasteiger charge is 2.24. The first-order valence-electron chi connectivity index (χ1n) is 6.94. The van der Waals surface area contributed by atoms with Crippen LogP contribution in [0, 0.1) is 5.82 Å². The first-order valence-corrected chi connectivity index (χ1v) is 8.32. The molecular formula is C17H18FNO2S. The van der Waals surface area contributed by atoms with Crippen molar-refractivity contribution in [2.45, 2.75) is 17.9 Å². The first kappa shape index (κ1) is 16.4. The van der Waals surface area contributed by atoms with E-state index in [0.717, 1.165) is 5.69 Å². The molecular weight excluding hydrogens is 301 g/mol. The van der Waals surface area contributed by atoms with Crippen molar-refractivity contribution in [2.75, 3.05) is 11.9 Å². The van der Waals surface area contributed by atoms with Crippen molar-refractivity contribution < 1.29 is 13.4 Å². The van der Waals surface area contributed by atoms with Gasteiger partial charge >= 0.3 is 0 Å². The Hall–Kier alpha value is -2.01. The molecule has 2 rings (SSSR count). The van der Waals surface area contributed by atoms with E-state index in [-0.39, 0.29) is 11.7 Å². The topological polar surface area (TPSA) is 37.4 Å². The second-order valence-electron chi connectivity index (χ2n) is 4.99. The largest absolute Gasteiger partial charge is 0.314 e. The van der Waals surface area contributed by atoms with Gasteiger partial charge in [-0.15, -0.1) is 0 Å². The molecule has 0 fully saturated rings. The molecule has 0 spiro atoms. The van der Waals surface area contributed by atoms with Crippen molar-refractivity contribution in [1.82, 2.24) is 0 Å². The molecule has 2 unspecified atom stereocenters. The van der Waals surface area contributed by atoms with Crippen LogP contribution < -0.4 is 4.90 Å². The highest BCUT2D eigenvalue weighted by Crippen LogP contribution is 2.16. The van der Waals surface area contributed by atoms with Gasteiger partial charge in [0.1, 0.15) is 11.1 Å². The highest BCUT2D eigenvalue weighted by molar-refractivity contribution is 7.85. The molecule has 2 aromatic carbocycles. The molecule has 0 heterocycles. The second-order valence-corrected chi connectivity index (χ2v) is 6.75. The molecule has 5 heteroatoms. The van der Waals surface area contributed by atoms with Gasteiger partial charge in [0.15, 0.2) is 0 Å². The van der Waals surface area contributed by atoms with Gasteiger partial charge in [0.2, 0.25) is 5.91 Å². The van der Waals surface area contributed by atoms with E-state index in [1.165, 1.54) is 11.0 Å². The fourth-order valence-corrected chi connectivity index (χ4v) is 3.23. The van der Waals surface area contributed by atoms with Gasteiger partial charge in [-0.3, -0.25) is 9.00 Å². The van der Waals surface area contributed by atoms with Crippen LogP contribution in [0.3, 0.4) is 0 Å². The third kappa shape index (κ3) is 3.80. The molecule has 0 bridgehead atoms. The van der Waals surface area contributed by atoms with E-state index in [2.05, 4.69) is 0 Å². The zero-order valence-corrected chi connectivity index (χ0v) is 13.3. The summed E-state index contributed by atoms with van der Waals surface area (Å²) >= 11 is 0. The molecule has 116 valence electrons. The molecule has 1 amide bonds. The molecule has 3 nitrogen and oxygen atoms in total. The van der Waals surface area contributed by atoms with Crippen molar-refractivity contribution in [3.63, 3.8) is 0 Å². The van der Waals surface area contributed by atoms with Crippen LogP contribution >= 0.6 is 0 Å².